The van der Waals surface area contributed by atoms with Crippen LogP contribution in [0.5, 0.6) is 5.75 Å². The van der Waals surface area contributed by atoms with E-state index in [1.807, 2.05) is 38.2 Å². The summed E-state index contributed by atoms with van der Waals surface area (Å²) in [6.45, 7) is 2.62. The van der Waals surface area contributed by atoms with Gasteiger partial charge in [-0.1, -0.05) is 18.2 Å². The number of rotatable bonds is 8. The molecule has 196 valence electrons. The van der Waals surface area contributed by atoms with Crippen molar-refractivity contribution < 1.29 is 13.9 Å². The smallest absolute Gasteiger partial charge is 0.250 e. The second-order valence-corrected chi connectivity index (χ2v) is 9.51. The number of anilines is 2. The normalized spacial score (nSPS) is 13.5. The van der Waals surface area contributed by atoms with Gasteiger partial charge in [0.05, 0.1) is 23.9 Å². The zero-order chi connectivity index (χ0) is 27.0. The van der Waals surface area contributed by atoms with E-state index in [4.69, 9.17) is 15.6 Å². The molecular formula is C28H30FN7O2. The van der Waals surface area contributed by atoms with Gasteiger partial charge >= 0.3 is 0 Å². The Balaban J connectivity index is 1.52. The van der Waals surface area contributed by atoms with Crippen LogP contribution in [-0.4, -0.2) is 64.3 Å². The lowest BCUT2D eigenvalue weighted by Gasteiger charge is -2.18. The third kappa shape index (κ3) is 4.82. The van der Waals surface area contributed by atoms with Gasteiger partial charge in [0.1, 0.15) is 29.4 Å². The number of methoxy groups -OCH3 is 1. The van der Waals surface area contributed by atoms with Crippen LogP contribution in [0, 0.1) is 12.7 Å². The summed E-state index contributed by atoms with van der Waals surface area (Å²) in [6, 6.07) is 10.8. The van der Waals surface area contributed by atoms with Crippen molar-refractivity contribution in [2.45, 2.75) is 25.8 Å². The Morgan fingerprint density at radius 3 is 2.74 bits per heavy atom. The molecule has 2 aromatic heterocycles. The SMILES string of the molecule is COc1cc(-c2nn(-c3ccc(F)c(N(C)C(=O)C=CCN(C)C4CC4)c3)c3ncnc(N)c23)ccc1C. The van der Waals surface area contributed by atoms with E-state index in [-0.39, 0.29) is 17.4 Å². The molecular weight excluding hydrogens is 485 g/mol. The van der Waals surface area contributed by atoms with E-state index in [0.29, 0.717) is 40.8 Å². The molecule has 0 radical (unpaired) electrons. The Morgan fingerprint density at radius 1 is 1.21 bits per heavy atom. The molecule has 0 bridgehead atoms. The summed E-state index contributed by atoms with van der Waals surface area (Å²) in [6.07, 6.45) is 7.02. The number of halogens is 1. The van der Waals surface area contributed by atoms with Crippen LogP contribution in [0.15, 0.2) is 54.9 Å². The minimum absolute atomic E-state index is 0.122. The Labute approximate surface area is 220 Å². The molecule has 0 aliphatic heterocycles. The molecule has 10 heteroatoms. The van der Waals surface area contributed by atoms with Gasteiger partial charge in [0, 0.05) is 31.3 Å². The summed E-state index contributed by atoms with van der Waals surface area (Å²) >= 11 is 0. The average molecular weight is 516 g/mol. The minimum atomic E-state index is -0.526. The minimum Gasteiger partial charge on any atom is -0.496 e. The Morgan fingerprint density at radius 2 is 2.00 bits per heavy atom. The molecule has 0 spiro atoms. The van der Waals surface area contributed by atoms with Crippen LogP contribution < -0.4 is 15.4 Å². The van der Waals surface area contributed by atoms with Gasteiger partial charge in [-0.05, 0) is 56.6 Å². The van der Waals surface area contributed by atoms with Gasteiger partial charge in [0.2, 0.25) is 0 Å². The van der Waals surface area contributed by atoms with Crippen LogP contribution in [0.2, 0.25) is 0 Å². The third-order valence-electron chi connectivity index (χ3n) is 6.87. The highest BCUT2D eigenvalue weighted by Gasteiger charge is 2.25. The lowest BCUT2D eigenvalue weighted by molar-refractivity contribution is -0.113. The maximum absolute atomic E-state index is 14.9. The molecule has 2 aromatic carbocycles. The number of nitrogens with zero attached hydrogens (tertiary/aromatic N) is 6. The molecule has 9 nitrogen and oxygen atoms in total. The van der Waals surface area contributed by atoms with Gasteiger partial charge in [-0.3, -0.25) is 9.69 Å². The molecule has 1 saturated carbocycles. The number of aromatic nitrogens is 4. The number of likely N-dealkylation sites (N-methyl/N-ethyl adjacent to an activating group) is 2. The predicted molar refractivity (Wildman–Crippen MR) is 146 cm³/mol. The third-order valence-corrected chi connectivity index (χ3v) is 6.87. The number of fused-ring (bicyclic) bond motifs is 1. The van der Waals surface area contributed by atoms with E-state index >= 15 is 0 Å². The number of nitrogens with two attached hydrogens (primary N) is 1. The Hall–Kier alpha value is -4.31. The van der Waals surface area contributed by atoms with Gasteiger partial charge in [0.25, 0.3) is 5.91 Å². The lowest BCUT2D eigenvalue weighted by atomic mass is 10.1. The molecule has 2 N–H and O–H groups in total. The maximum Gasteiger partial charge on any atom is 0.250 e. The van der Waals surface area contributed by atoms with E-state index in [9.17, 15) is 9.18 Å². The monoisotopic (exact) mass is 515 g/mol. The predicted octanol–water partition coefficient (Wildman–Crippen LogP) is 4.13. The number of benzene rings is 2. The van der Waals surface area contributed by atoms with Gasteiger partial charge in [0.15, 0.2) is 5.65 Å². The van der Waals surface area contributed by atoms with Gasteiger partial charge in [-0.15, -0.1) is 0 Å². The fraction of sp³-hybridized carbons (Fsp3) is 0.286. The van der Waals surface area contributed by atoms with Gasteiger partial charge in [-0.2, -0.15) is 5.10 Å². The molecule has 0 unspecified atom stereocenters. The van der Waals surface area contributed by atoms with Crippen LogP contribution in [0.4, 0.5) is 15.9 Å². The number of aryl methyl sites for hydroxylation is 1. The fourth-order valence-electron chi connectivity index (χ4n) is 4.43. The fourth-order valence-corrected chi connectivity index (χ4v) is 4.43. The molecule has 0 atom stereocenters. The topological polar surface area (TPSA) is 102 Å². The summed E-state index contributed by atoms with van der Waals surface area (Å²) < 4.78 is 22.0. The first-order valence-corrected chi connectivity index (χ1v) is 12.4. The number of nitrogen functional groups attached to an aromatic ring is 1. The zero-order valence-corrected chi connectivity index (χ0v) is 21.8. The van der Waals surface area contributed by atoms with Gasteiger partial charge in [-0.25, -0.2) is 19.0 Å². The van der Waals surface area contributed by atoms with Crippen LogP contribution >= 0.6 is 0 Å². The lowest BCUT2D eigenvalue weighted by Crippen LogP contribution is -2.26. The summed E-state index contributed by atoms with van der Waals surface area (Å²) in [5, 5.41) is 5.36. The van der Waals surface area contributed by atoms with E-state index in [2.05, 4.69) is 14.9 Å². The van der Waals surface area contributed by atoms with Crippen molar-refractivity contribution in [2.75, 3.05) is 38.4 Å². The molecule has 0 saturated heterocycles. The first-order chi connectivity index (χ1) is 18.3. The second kappa shape index (κ2) is 10.2. The highest BCUT2D eigenvalue weighted by Crippen LogP contribution is 2.35. The highest BCUT2D eigenvalue weighted by atomic mass is 19.1. The number of hydrogen-bond donors (Lipinski definition) is 1. The Bertz CT molecular complexity index is 1540. The first-order valence-electron chi connectivity index (χ1n) is 12.4. The van der Waals surface area contributed by atoms with Crippen LogP contribution in [-0.2, 0) is 4.79 Å². The molecule has 4 aromatic rings. The largest absolute Gasteiger partial charge is 0.496 e. The van der Waals surface area contributed by atoms with Crippen molar-refractivity contribution in [1.82, 2.24) is 24.6 Å². The molecule has 5 rings (SSSR count). The number of carbonyl (C=O) groups excluding carboxylic acids is 1. The molecule has 1 fully saturated rings. The molecule has 38 heavy (non-hydrogen) atoms. The summed E-state index contributed by atoms with van der Waals surface area (Å²) in [5.74, 6) is 0.129. The summed E-state index contributed by atoms with van der Waals surface area (Å²) in [7, 11) is 5.19. The number of hydrogen-bond acceptors (Lipinski definition) is 7. The second-order valence-electron chi connectivity index (χ2n) is 9.51. The van der Waals surface area contributed by atoms with Crippen molar-refractivity contribution >= 4 is 28.4 Å². The van der Waals surface area contributed by atoms with E-state index < -0.39 is 5.82 Å². The number of carbonyl (C=O) groups is 1. The van der Waals surface area contributed by atoms with Crippen LogP contribution in [0.1, 0.15) is 18.4 Å². The van der Waals surface area contributed by atoms with Crippen molar-refractivity contribution in [3.8, 4) is 22.7 Å². The molecule has 1 amide bonds. The summed E-state index contributed by atoms with van der Waals surface area (Å²) in [4.78, 5) is 24.9. The van der Waals surface area contributed by atoms with Crippen LogP contribution in [0.25, 0.3) is 28.0 Å². The maximum atomic E-state index is 14.9. The summed E-state index contributed by atoms with van der Waals surface area (Å²) in [5.41, 5.74) is 9.68. The van der Waals surface area contributed by atoms with Crippen molar-refractivity contribution in [3.05, 3.63) is 66.3 Å². The molecule has 1 aliphatic carbocycles. The van der Waals surface area contributed by atoms with Gasteiger partial charge < -0.3 is 15.4 Å². The number of amides is 1. The number of ether oxygens (including phenoxy) is 1. The van der Waals surface area contributed by atoms with Crippen LogP contribution in [0.3, 0.4) is 0 Å². The average Bonchev–Trinajstić information content (AvgIpc) is 3.69. The Kier molecular flexibility index (Phi) is 6.81. The van der Waals surface area contributed by atoms with Crippen molar-refractivity contribution in [3.63, 3.8) is 0 Å². The zero-order valence-electron chi connectivity index (χ0n) is 21.8. The standard InChI is InChI=1S/C28H30FN7O2/c1-17-7-8-18(14-23(17)38-4)26-25-27(30)31-16-32-28(25)36(33-26)20-11-12-21(29)22(15-20)35(3)24(37)6-5-13-34(2)19-9-10-19/h5-8,11-12,14-16,19H,9-10,13H2,1-4H3,(H2,30,31,32). The van der Waals surface area contributed by atoms with E-state index in [1.54, 1.807) is 31.0 Å². The molecule has 2 heterocycles. The van der Waals surface area contributed by atoms with Crippen molar-refractivity contribution in [1.29, 1.82) is 0 Å². The van der Waals surface area contributed by atoms with E-state index in [0.717, 1.165) is 11.1 Å². The van der Waals surface area contributed by atoms with E-state index in [1.165, 1.54) is 36.2 Å². The first kappa shape index (κ1) is 25.3. The molecule has 1 aliphatic rings. The highest BCUT2D eigenvalue weighted by molar-refractivity contribution is 6.02. The van der Waals surface area contributed by atoms with Crippen molar-refractivity contribution in [2.24, 2.45) is 0 Å². The quantitative estimate of drug-likeness (QED) is 0.352.